The Morgan fingerprint density at radius 3 is 2.37 bits per heavy atom. The van der Waals surface area contributed by atoms with Crippen molar-refractivity contribution in [1.29, 1.82) is 0 Å². The summed E-state index contributed by atoms with van der Waals surface area (Å²) in [7, 11) is 1.62. The normalized spacial score (nSPS) is 16.6. The van der Waals surface area contributed by atoms with Crippen LogP contribution in [0, 0.1) is 0 Å². The van der Waals surface area contributed by atoms with Gasteiger partial charge in [-0.3, -0.25) is 4.79 Å². The van der Waals surface area contributed by atoms with Gasteiger partial charge in [0.05, 0.1) is 23.5 Å². The summed E-state index contributed by atoms with van der Waals surface area (Å²) in [5, 5.41) is 0.285. The van der Waals surface area contributed by atoms with E-state index in [0.29, 0.717) is 23.4 Å². The summed E-state index contributed by atoms with van der Waals surface area (Å²) in [4.78, 5) is 19.5. The van der Waals surface area contributed by atoms with E-state index in [4.69, 9.17) is 22.1 Å². The Bertz CT molecular complexity index is 1340. The number of allylic oxidation sites excluding steroid dienone is 2. The van der Waals surface area contributed by atoms with Crippen LogP contribution in [0.3, 0.4) is 0 Å². The van der Waals surface area contributed by atoms with Crippen LogP contribution in [0.25, 0.3) is 0 Å². The van der Waals surface area contributed by atoms with Crippen LogP contribution < -0.4 is 10.5 Å². The predicted molar refractivity (Wildman–Crippen MR) is 143 cm³/mol. The quantitative estimate of drug-likeness (QED) is 0.338. The van der Waals surface area contributed by atoms with Crippen molar-refractivity contribution in [2.75, 3.05) is 13.7 Å². The van der Waals surface area contributed by atoms with Crippen molar-refractivity contribution in [2.45, 2.75) is 31.5 Å². The highest BCUT2D eigenvalue weighted by atomic mass is 35.5. The van der Waals surface area contributed by atoms with Gasteiger partial charge in [-0.15, -0.1) is 0 Å². The number of carbonyl (C=O) groups excluding carboxylic acids is 1. The first kappa shape index (κ1) is 27.3. The lowest BCUT2D eigenvalue weighted by Crippen LogP contribution is -2.36. The molecule has 0 spiro atoms. The first-order valence-electron chi connectivity index (χ1n) is 12.1. The summed E-state index contributed by atoms with van der Waals surface area (Å²) in [6.45, 7) is 0.644. The molecule has 38 heavy (non-hydrogen) atoms. The molecule has 4 rings (SSSR count). The van der Waals surface area contributed by atoms with Gasteiger partial charge in [0.15, 0.2) is 0 Å². The number of aliphatic imine (C=N–C) groups is 1. The molecule has 1 fully saturated rings. The number of rotatable bonds is 7. The molecule has 1 atom stereocenters. The van der Waals surface area contributed by atoms with Gasteiger partial charge in [-0.25, -0.2) is 4.99 Å². The monoisotopic (exact) mass is 541 g/mol. The fourth-order valence-corrected chi connectivity index (χ4v) is 4.56. The molecule has 1 saturated heterocycles. The number of alkyl halides is 3. The molecule has 1 heterocycles. The molecule has 198 valence electrons. The number of hydrogen-bond donors (Lipinski definition) is 1. The third-order valence-electron chi connectivity index (χ3n) is 6.41. The zero-order valence-corrected chi connectivity index (χ0v) is 21.5. The van der Waals surface area contributed by atoms with E-state index in [1.165, 1.54) is 0 Å². The van der Waals surface area contributed by atoms with E-state index >= 15 is 0 Å². The van der Waals surface area contributed by atoms with Gasteiger partial charge in [0, 0.05) is 23.7 Å². The summed E-state index contributed by atoms with van der Waals surface area (Å²) < 4.78 is 44.8. The number of methoxy groups -OCH3 is 1. The Morgan fingerprint density at radius 2 is 1.74 bits per heavy atom. The minimum atomic E-state index is -4.72. The number of nitrogens with two attached hydrogens (primary N) is 1. The highest BCUT2D eigenvalue weighted by Crippen LogP contribution is 2.28. The van der Waals surface area contributed by atoms with Crippen molar-refractivity contribution in [2.24, 2.45) is 10.7 Å². The van der Waals surface area contributed by atoms with Gasteiger partial charge >= 0.3 is 6.18 Å². The molecule has 0 saturated carbocycles. The largest absolute Gasteiger partial charge is 0.497 e. The molecule has 1 unspecified atom stereocenters. The second-order valence-electron chi connectivity index (χ2n) is 8.97. The number of halogens is 4. The summed E-state index contributed by atoms with van der Waals surface area (Å²) >= 11 is 6.17. The van der Waals surface area contributed by atoms with Crippen molar-refractivity contribution in [3.63, 3.8) is 0 Å². The fraction of sp³-hybridized carbons (Fsp3) is 0.241. The second-order valence-corrected chi connectivity index (χ2v) is 9.38. The van der Waals surface area contributed by atoms with E-state index in [0.717, 1.165) is 36.7 Å². The van der Waals surface area contributed by atoms with Crippen molar-refractivity contribution in [3.05, 3.63) is 106 Å². The SMILES string of the molecule is COc1ccc(CC2CCCN2C(=O)c2ccc(C(C=C(N)C(F)(F)F)=Nc3ccccc3Cl)cc2)cc1. The number of likely N-dealkylation sites (tertiary alicyclic amines) is 1. The summed E-state index contributed by atoms with van der Waals surface area (Å²) in [5.41, 5.74) is 6.20. The molecule has 1 aliphatic heterocycles. The van der Waals surface area contributed by atoms with E-state index in [9.17, 15) is 18.0 Å². The van der Waals surface area contributed by atoms with E-state index in [-0.39, 0.29) is 22.7 Å². The summed E-state index contributed by atoms with van der Waals surface area (Å²) in [6.07, 6.45) is -1.42. The Morgan fingerprint density at radius 1 is 1.08 bits per heavy atom. The van der Waals surface area contributed by atoms with Crippen LogP contribution in [0.5, 0.6) is 5.75 Å². The third-order valence-corrected chi connectivity index (χ3v) is 6.73. The zero-order chi connectivity index (χ0) is 27.3. The van der Waals surface area contributed by atoms with Crippen LogP contribution >= 0.6 is 11.6 Å². The molecular formula is C29H27ClF3N3O2. The molecule has 0 radical (unpaired) electrons. The molecule has 0 aliphatic carbocycles. The Kier molecular flexibility index (Phi) is 8.42. The van der Waals surface area contributed by atoms with Gasteiger partial charge in [-0.1, -0.05) is 48.0 Å². The number of ether oxygens (including phenoxy) is 1. The highest BCUT2D eigenvalue weighted by Gasteiger charge is 2.32. The molecule has 0 aromatic heterocycles. The van der Waals surface area contributed by atoms with Gasteiger partial charge in [0.25, 0.3) is 5.91 Å². The minimum Gasteiger partial charge on any atom is -0.497 e. The summed E-state index contributed by atoms with van der Waals surface area (Å²) in [6, 6.07) is 20.7. The maximum absolute atomic E-state index is 13.4. The van der Waals surface area contributed by atoms with Crippen LogP contribution in [-0.2, 0) is 6.42 Å². The van der Waals surface area contributed by atoms with Crippen LogP contribution in [0.1, 0.15) is 34.3 Å². The maximum Gasteiger partial charge on any atom is 0.430 e. The Labute approximate surface area is 224 Å². The molecule has 3 aromatic rings. The number of para-hydroxylation sites is 1. The Hall–Kier alpha value is -3.78. The van der Waals surface area contributed by atoms with Crippen LogP contribution in [0.4, 0.5) is 18.9 Å². The average Bonchev–Trinajstić information content (AvgIpc) is 3.37. The van der Waals surface area contributed by atoms with Gasteiger partial charge in [0.2, 0.25) is 0 Å². The Balaban J connectivity index is 1.57. The van der Waals surface area contributed by atoms with Crippen molar-refractivity contribution < 1.29 is 22.7 Å². The first-order valence-corrected chi connectivity index (χ1v) is 12.5. The first-order chi connectivity index (χ1) is 18.2. The lowest BCUT2D eigenvalue weighted by atomic mass is 10.0. The van der Waals surface area contributed by atoms with Crippen LogP contribution in [0.15, 0.2) is 89.6 Å². The second kappa shape index (κ2) is 11.7. The molecule has 9 heteroatoms. The molecular weight excluding hydrogens is 515 g/mol. The van der Waals surface area contributed by atoms with E-state index in [2.05, 4.69) is 4.99 Å². The molecule has 5 nitrogen and oxygen atoms in total. The lowest BCUT2D eigenvalue weighted by Gasteiger charge is -2.25. The maximum atomic E-state index is 13.4. The summed E-state index contributed by atoms with van der Waals surface area (Å²) in [5.74, 6) is 0.653. The minimum absolute atomic E-state index is 0.0227. The predicted octanol–water partition coefficient (Wildman–Crippen LogP) is 6.72. The van der Waals surface area contributed by atoms with Crippen molar-refractivity contribution in [3.8, 4) is 5.75 Å². The third kappa shape index (κ3) is 6.55. The average molecular weight is 542 g/mol. The van der Waals surface area contributed by atoms with Crippen LogP contribution in [-0.4, -0.2) is 42.4 Å². The number of carbonyl (C=O) groups is 1. The van der Waals surface area contributed by atoms with E-state index in [1.54, 1.807) is 55.6 Å². The standard InChI is InChI=1S/C29H27ClF3N3O2/c1-38-23-14-8-19(9-15-23)17-22-5-4-16-36(22)28(37)21-12-10-20(11-13-21)26(18-27(34)29(31,32)33)35-25-7-3-2-6-24(25)30/h2-3,6-15,18,22H,4-5,16-17,34H2,1H3. The van der Waals surface area contributed by atoms with Gasteiger partial charge in [-0.05, 0) is 67.3 Å². The number of nitrogens with zero attached hydrogens (tertiary/aromatic N) is 2. The smallest absolute Gasteiger partial charge is 0.430 e. The van der Waals surface area contributed by atoms with Gasteiger partial charge in [-0.2, -0.15) is 13.2 Å². The number of benzene rings is 3. The highest BCUT2D eigenvalue weighted by molar-refractivity contribution is 6.33. The topological polar surface area (TPSA) is 67.9 Å². The van der Waals surface area contributed by atoms with Crippen molar-refractivity contribution >= 4 is 28.9 Å². The van der Waals surface area contributed by atoms with E-state index in [1.807, 2.05) is 29.2 Å². The van der Waals surface area contributed by atoms with Gasteiger partial charge < -0.3 is 15.4 Å². The lowest BCUT2D eigenvalue weighted by molar-refractivity contribution is -0.0925. The molecule has 0 bridgehead atoms. The number of hydrogen-bond acceptors (Lipinski definition) is 4. The molecule has 1 amide bonds. The van der Waals surface area contributed by atoms with E-state index < -0.39 is 11.9 Å². The van der Waals surface area contributed by atoms with Crippen LogP contribution in [0.2, 0.25) is 5.02 Å². The zero-order valence-electron chi connectivity index (χ0n) is 20.7. The molecule has 2 N–H and O–H groups in total. The fourth-order valence-electron chi connectivity index (χ4n) is 4.38. The van der Waals surface area contributed by atoms with Crippen molar-refractivity contribution in [1.82, 2.24) is 4.90 Å². The molecule has 3 aromatic carbocycles. The van der Waals surface area contributed by atoms with Gasteiger partial charge in [0.1, 0.15) is 11.4 Å². The number of amides is 1. The molecule has 1 aliphatic rings.